The van der Waals surface area contributed by atoms with Gasteiger partial charge in [-0.25, -0.2) is 4.89 Å². The van der Waals surface area contributed by atoms with E-state index in [0.29, 0.717) is 12.8 Å². The summed E-state index contributed by atoms with van der Waals surface area (Å²) in [5.41, 5.74) is 0. The van der Waals surface area contributed by atoms with E-state index in [1.165, 1.54) is 19.3 Å². The van der Waals surface area contributed by atoms with Gasteiger partial charge in [-0.05, 0) is 38.5 Å². The van der Waals surface area contributed by atoms with Gasteiger partial charge in [-0.15, -0.1) is 0 Å². The molecular weight excluding hydrogens is 304 g/mol. The van der Waals surface area contributed by atoms with Gasteiger partial charge < -0.3 is 5.11 Å². The molecule has 0 spiro atoms. The maximum absolute atomic E-state index is 10.3. The van der Waals surface area contributed by atoms with E-state index in [1.807, 2.05) is 42.5 Å². The highest BCUT2D eigenvalue weighted by Gasteiger charge is 1.99. The number of aliphatic carboxylic acids is 1. The first-order valence-electron chi connectivity index (χ1n) is 8.86. The van der Waals surface area contributed by atoms with Gasteiger partial charge in [0.15, 0.2) is 0 Å². The van der Waals surface area contributed by atoms with Crippen molar-refractivity contribution in [3.05, 3.63) is 48.6 Å². The van der Waals surface area contributed by atoms with E-state index < -0.39 is 5.97 Å². The Morgan fingerprint density at radius 1 is 1.00 bits per heavy atom. The van der Waals surface area contributed by atoms with Crippen molar-refractivity contribution in [1.29, 1.82) is 0 Å². The standard InChI is InChI=1S/C20H32O4/c1-2-3-4-5-10-13-16-19(24-23)17-14-11-8-6-7-9-12-15-18-20(21)22/h7-11,13-14,17,19,23H,2-6,12,15-16,18H2,1H3,(H,21,22)/b9-7-,11-8-,13-10-,17-14-. The van der Waals surface area contributed by atoms with Crippen molar-refractivity contribution in [2.45, 2.75) is 70.8 Å². The lowest BCUT2D eigenvalue weighted by Gasteiger charge is -2.04. The van der Waals surface area contributed by atoms with Gasteiger partial charge >= 0.3 is 5.97 Å². The molecule has 0 bridgehead atoms. The van der Waals surface area contributed by atoms with Crippen LogP contribution in [0, 0.1) is 0 Å². The highest BCUT2D eigenvalue weighted by Crippen LogP contribution is 2.04. The van der Waals surface area contributed by atoms with Crippen LogP contribution in [0.15, 0.2) is 48.6 Å². The van der Waals surface area contributed by atoms with Crippen molar-refractivity contribution in [2.75, 3.05) is 0 Å². The summed E-state index contributed by atoms with van der Waals surface area (Å²) in [6.07, 6.45) is 23.4. The van der Waals surface area contributed by atoms with Crippen molar-refractivity contribution in [3.8, 4) is 0 Å². The number of rotatable bonds is 15. The smallest absolute Gasteiger partial charge is 0.303 e. The molecule has 0 aromatic carbocycles. The van der Waals surface area contributed by atoms with Crippen molar-refractivity contribution in [3.63, 3.8) is 0 Å². The predicted molar refractivity (Wildman–Crippen MR) is 98.9 cm³/mol. The molecule has 0 amide bonds. The first-order valence-corrected chi connectivity index (χ1v) is 8.86. The predicted octanol–water partition coefficient (Wildman–Crippen LogP) is 5.68. The molecule has 0 radical (unpaired) electrons. The first kappa shape index (κ1) is 22.4. The second-order valence-electron chi connectivity index (χ2n) is 5.65. The molecule has 2 N–H and O–H groups in total. The van der Waals surface area contributed by atoms with Gasteiger partial charge in [0.25, 0.3) is 0 Å². The maximum atomic E-state index is 10.3. The summed E-state index contributed by atoms with van der Waals surface area (Å²) in [6, 6.07) is 0. The number of carboxylic acid groups (broad SMARTS) is 1. The first-order chi connectivity index (χ1) is 11.7. The maximum Gasteiger partial charge on any atom is 0.303 e. The molecule has 0 aromatic rings. The SMILES string of the molecule is CCCCC/C=C\CC(/C=C\C=C/C/C=C\CCCC(=O)O)OO. The third kappa shape index (κ3) is 16.7. The lowest BCUT2D eigenvalue weighted by molar-refractivity contribution is -0.264. The molecule has 0 aliphatic rings. The number of carboxylic acids is 1. The average Bonchev–Trinajstić information content (AvgIpc) is 2.57. The third-order valence-corrected chi connectivity index (χ3v) is 3.42. The Balaban J connectivity index is 3.79. The molecule has 24 heavy (non-hydrogen) atoms. The second kappa shape index (κ2) is 17.7. The molecule has 0 saturated carbocycles. The summed E-state index contributed by atoms with van der Waals surface area (Å²) in [6.45, 7) is 2.19. The molecule has 0 rings (SSSR count). The van der Waals surface area contributed by atoms with Gasteiger partial charge in [0.1, 0.15) is 6.10 Å². The van der Waals surface area contributed by atoms with Crippen LogP contribution in [-0.4, -0.2) is 22.4 Å². The Morgan fingerprint density at radius 2 is 1.75 bits per heavy atom. The fourth-order valence-electron chi connectivity index (χ4n) is 2.03. The molecule has 136 valence electrons. The molecule has 0 aliphatic heterocycles. The van der Waals surface area contributed by atoms with Crippen LogP contribution in [0.1, 0.15) is 64.7 Å². The van der Waals surface area contributed by atoms with Crippen molar-refractivity contribution in [1.82, 2.24) is 0 Å². The molecule has 4 nitrogen and oxygen atoms in total. The van der Waals surface area contributed by atoms with E-state index in [-0.39, 0.29) is 12.5 Å². The third-order valence-electron chi connectivity index (χ3n) is 3.42. The molecular formula is C20H32O4. The molecule has 0 aromatic heterocycles. The van der Waals surface area contributed by atoms with Crippen LogP contribution in [0.25, 0.3) is 0 Å². The van der Waals surface area contributed by atoms with Crippen LogP contribution in [-0.2, 0) is 9.68 Å². The van der Waals surface area contributed by atoms with Crippen LogP contribution >= 0.6 is 0 Å². The minimum Gasteiger partial charge on any atom is -0.481 e. The molecule has 0 saturated heterocycles. The zero-order valence-corrected chi connectivity index (χ0v) is 14.8. The van der Waals surface area contributed by atoms with Crippen LogP contribution in [0.3, 0.4) is 0 Å². The monoisotopic (exact) mass is 336 g/mol. The van der Waals surface area contributed by atoms with Gasteiger partial charge in [-0.1, -0.05) is 68.4 Å². The fraction of sp³-hybridized carbons (Fsp3) is 0.550. The summed E-state index contributed by atoms with van der Waals surface area (Å²) in [4.78, 5) is 14.8. The molecule has 0 fully saturated rings. The normalized spacial score (nSPS) is 13.8. The Morgan fingerprint density at radius 3 is 2.46 bits per heavy atom. The Hall–Kier alpha value is -1.65. The van der Waals surface area contributed by atoms with Gasteiger partial charge in [0, 0.05) is 6.42 Å². The highest BCUT2D eigenvalue weighted by atomic mass is 17.1. The van der Waals surface area contributed by atoms with Crippen LogP contribution in [0.2, 0.25) is 0 Å². The van der Waals surface area contributed by atoms with E-state index in [2.05, 4.69) is 17.9 Å². The lowest BCUT2D eigenvalue weighted by Crippen LogP contribution is -2.04. The highest BCUT2D eigenvalue weighted by molar-refractivity contribution is 5.66. The van der Waals surface area contributed by atoms with E-state index in [0.717, 1.165) is 19.3 Å². The minimum atomic E-state index is -0.745. The zero-order chi connectivity index (χ0) is 17.9. The number of unbranched alkanes of at least 4 members (excludes halogenated alkanes) is 4. The van der Waals surface area contributed by atoms with Gasteiger partial charge in [-0.2, -0.15) is 0 Å². The largest absolute Gasteiger partial charge is 0.481 e. The average molecular weight is 336 g/mol. The Kier molecular flexibility index (Phi) is 16.5. The van der Waals surface area contributed by atoms with Gasteiger partial charge in [0.2, 0.25) is 0 Å². The van der Waals surface area contributed by atoms with Crippen LogP contribution in [0.4, 0.5) is 0 Å². The number of hydrogen-bond donors (Lipinski definition) is 2. The van der Waals surface area contributed by atoms with E-state index >= 15 is 0 Å². The second-order valence-corrected chi connectivity index (χ2v) is 5.65. The molecule has 0 aliphatic carbocycles. The summed E-state index contributed by atoms with van der Waals surface area (Å²) < 4.78 is 0. The number of carbonyl (C=O) groups is 1. The summed E-state index contributed by atoms with van der Waals surface area (Å²) in [5, 5.41) is 17.4. The van der Waals surface area contributed by atoms with E-state index in [1.54, 1.807) is 0 Å². The molecule has 1 unspecified atom stereocenters. The number of allylic oxidation sites excluding steroid dienone is 6. The lowest BCUT2D eigenvalue weighted by atomic mass is 10.1. The van der Waals surface area contributed by atoms with Crippen molar-refractivity contribution >= 4 is 5.97 Å². The van der Waals surface area contributed by atoms with Gasteiger partial charge in [0.05, 0.1) is 0 Å². The topological polar surface area (TPSA) is 66.8 Å². The fourth-order valence-corrected chi connectivity index (χ4v) is 2.03. The van der Waals surface area contributed by atoms with Crippen molar-refractivity contribution < 1.29 is 20.0 Å². The molecule has 0 heterocycles. The molecule has 4 heteroatoms. The summed E-state index contributed by atoms with van der Waals surface area (Å²) in [7, 11) is 0. The van der Waals surface area contributed by atoms with Crippen molar-refractivity contribution in [2.24, 2.45) is 0 Å². The summed E-state index contributed by atoms with van der Waals surface area (Å²) >= 11 is 0. The van der Waals surface area contributed by atoms with E-state index in [9.17, 15) is 4.79 Å². The zero-order valence-electron chi connectivity index (χ0n) is 14.8. The Bertz CT molecular complexity index is 408. The quantitative estimate of drug-likeness (QED) is 0.133. The van der Waals surface area contributed by atoms with Crippen LogP contribution in [0.5, 0.6) is 0 Å². The summed E-state index contributed by atoms with van der Waals surface area (Å²) in [5.74, 6) is -0.745. The van der Waals surface area contributed by atoms with Crippen LogP contribution < -0.4 is 0 Å². The molecule has 1 atom stereocenters. The minimum absolute atomic E-state index is 0.221. The number of hydrogen-bond acceptors (Lipinski definition) is 3. The van der Waals surface area contributed by atoms with Gasteiger partial charge in [-0.3, -0.25) is 10.1 Å². The Labute approximate surface area is 146 Å². The van der Waals surface area contributed by atoms with E-state index in [4.69, 9.17) is 10.4 Å².